The summed E-state index contributed by atoms with van der Waals surface area (Å²) in [6, 6.07) is 13.2. The molecule has 0 saturated carbocycles. The minimum absolute atomic E-state index is 0.101. The van der Waals surface area contributed by atoms with E-state index in [2.05, 4.69) is 31.1 Å². The number of amides is 1. The van der Waals surface area contributed by atoms with E-state index in [1.54, 1.807) is 25.3 Å². The third-order valence-electron chi connectivity index (χ3n) is 5.73. The summed E-state index contributed by atoms with van der Waals surface area (Å²) in [6.07, 6.45) is 4.09. The van der Waals surface area contributed by atoms with Crippen molar-refractivity contribution in [2.75, 3.05) is 24.8 Å². The fourth-order valence-corrected chi connectivity index (χ4v) is 5.02. The van der Waals surface area contributed by atoms with Crippen molar-refractivity contribution in [1.82, 2.24) is 19.7 Å². The van der Waals surface area contributed by atoms with Gasteiger partial charge in [0.25, 0.3) is 0 Å². The van der Waals surface area contributed by atoms with Crippen LogP contribution >= 0.6 is 23.4 Å². The SMILES string of the molecule is COc1ccc(Cl)cc1NC(=O)CSc1nnc(-c2c[nH]c3ccccc23)n1CC1CCCO1. The Balaban J connectivity index is 1.38. The molecular weight excluding hydrogens is 474 g/mol. The molecule has 1 atom stereocenters. The van der Waals surface area contributed by atoms with Crippen molar-refractivity contribution in [3.8, 4) is 17.1 Å². The molecule has 0 aliphatic carbocycles. The number of anilines is 1. The molecule has 2 aromatic heterocycles. The van der Waals surface area contributed by atoms with Gasteiger partial charge in [0, 0.05) is 34.3 Å². The van der Waals surface area contributed by atoms with E-state index in [-0.39, 0.29) is 17.8 Å². The summed E-state index contributed by atoms with van der Waals surface area (Å²) in [5.41, 5.74) is 2.54. The van der Waals surface area contributed by atoms with Crippen molar-refractivity contribution < 1.29 is 14.3 Å². The van der Waals surface area contributed by atoms with Crippen LogP contribution in [0.5, 0.6) is 5.75 Å². The van der Waals surface area contributed by atoms with Gasteiger partial charge in [-0.05, 0) is 37.1 Å². The van der Waals surface area contributed by atoms with Crippen LogP contribution in [0.1, 0.15) is 12.8 Å². The van der Waals surface area contributed by atoms with E-state index in [0.717, 1.165) is 41.7 Å². The number of nitrogens with zero attached hydrogens (tertiary/aromatic N) is 3. The van der Waals surface area contributed by atoms with Gasteiger partial charge in [0.2, 0.25) is 5.91 Å². The average molecular weight is 498 g/mol. The van der Waals surface area contributed by atoms with Gasteiger partial charge in [0.15, 0.2) is 11.0 Å². The van der Waals surface area contributed by atoms with Gasteiger partial charge in [-0.1, -0.05) is 41.6 Å². The van der Waals surface area contributed by atoms with Gasteiger partial charge in [0.05, 0.1) is 31.2 Å². The first-order valence-corrected chi connectivity index (χ1v) is 12.4. The van der Waals surface area contributed by atoms with E-state index in [4.69, 9.17) is 21.1 Å². The number of hydrogen-bond donors (Lipinski definition) is 2. The highest BCUT2D eigenvalue weighted by atomic mass is 35.5. The lowest BCUT2D eigenvalue weighted by molar-refractivity contribution is -0.113. The van der Waals surface area contributed by atoms with Crippen molar-refractivity contribution in [3.05, 3.63) is 53.7 Å². The Kier molecular flexibility index (Phi) is 6.75. The zero-order valence-corrected chi connectivity index (χ0v) is 20.2. The van der Waals surface area contributed by atoms with Crippen LogP contribution in [0.2, 0.25) is 5.02 Å². The molecule has 2 aromatic carbocycles. The normalized spacial score (nSPS) is 15.6. The lowest BCUT2D eigenvalue weighted by atomic mass is 10.1. The summed E-state index contributed by atoms with van der Waals surface area (Å²) in [6.45, 7) is 1.40. The number of halogens is 1. The van der Waals surface area contributed by atoms with Crippen molar-refractivity contribution in [3.63, 3.8) is 0 Å². The fraction of sp³-hybridized carbons (Fsp3) is 0.292. The molecule has 0 bridgehead atoms. The van der Waals surface area contributed by atoms with Crippen LogP contribution < -0.4 is 10.1 Å². The number of rotatable bonds is 8. The van der Waals surface area contributed by atoms with Crippen molar-refractivity contribution in [2.45, 2.75) is 30.6 Å². The number of para-hydroxylation sites is 1. The Labute approximate surface area is 206 Å². The number of carbonyl (C=O) groups is 1. The standard InChI is InChI=1S/C24H24ClN5O3S/c1-32-21-9-8-15(25)11-20(21)27-22(31)14-34-24-29-28-23(30(24)13-16-5-4-10-33-16)18-12-26-19-7-3-2-6-17(18)19/h2-3,6-9,11-12,16,26H,4-5,10,13-14H2,1H3,(H,27,31). The molecule has 1 amide bonds. The maximum atomic E-state index is 12.7. The van der Waals surface area contributed by atoms with E-state index < -0.39 is 0 Å². The molecule has 2 N–H and O–H groups in total. The Morgan fingerprint density at radius 2 is 2.21 bits per heavy atom. The molecule has 10 heteroatoms. The Bertz CT molecular complexity index is 1320. The number of benzene rings is 2. The Morgan fingerprint density at radius 3 is 3.03 bits per heavy atom. The predicted molar refractivity (Wildman–Crippen MR) is 134 cm³/mol. The van der Waals surface area contributed by atoms with Gasteiger partial charge in [-0.15, -0.1) is 10.2 Å². The molecule has 8 nitrogen and oxygen atoms in total. The molecule has 1 aliphatic heterocycles. The molecular formula is C24H24ClN5O3S. The highest BCUT2D eigenvalue weighted by Gasteiger charge is 2.23. The second kappa shape index (κ2) is 10.1. The summed E-state index contributed by atoms with van der Waals surface area (Å²) >= 11 is 7.41. The number of H-pyrrole nitrogens is 1. The van der Waals surface area contributed by atoms with E-state index >= 15 is 0 Å². The fourth-order valence-electron chi connectivity index (χ4n) is 4.10. The topological polar surface area (TPSA) is 94.1 Å². The highest BCUT2D eigenvalue weighted by Crippen LogP contribution is 2.32. The lowest BCUT2D eigenvalue weighted by Gasteiger charge is -2.14. The molecule has 5 rings (SSSR count). The van der Waals surface area contributed by atoms with Gasteiger partial charge >= 0.3 is 0 Å². The number of carbonyl (C=O) groups excluding carboxylic acids is 1. The number of thioether (sulfide) groups is 1. The lowest BCUT2D eigenvalue weighted by Crippen LogP contribution is -2.18. The van der Waals surface area contributed by atoms with Crippen LogP contribution in [0.15, 0.2) is 53.8 Å². The number of nitrogens with one attached hydrogen (secondary N) is 2. The first-order chi connectivity index (χ1) is 16.6. The zero-order chi connectivity index (χ0) is 23.5. The van der Waals surface area contributed by atoms with Crippen molar-refractivity contribution in [2.24, 2.45) is 0 Å². The third-order valence-corrected chi connectivity index (χ3v) is 6.93. The molecule has 0 spiro atoms. The number of aromatic amines is 1. The molecule has 176 valence electrons. The molecule has 34 heavy (non-hydrogen) atoms. The monoisotopic (exact) mass is 497 g/mol. The number of hydrogen-bond acceptors (Lipinski definition) is 6. The summed E-state index contributed by atoms with van der Waals surface area (Å²) in [4.78, 5) is 16.0. The second-order valence-corrected chi connectivity index (χ2v) is 9.36. The van der Waals surface area contributed by atoms with Crippen LogP contribution in [-0.2, 0) is 16.1 Å². The van der Waals surface area contributed by atoms with Gasteiger partial charge in [0.1, 0.15) is 5.75 Å². The minimum atomic E-state index is -0.189. The molecule has 1 saturated heterocycles. The number of ether oxygens (including phenoxy) is 2. The Morgan fingerprint density at radius 1 is 1.32 bits per heavy atom. The Hall–Kier alpha value is -3.01. The quantitative estimate of drug-likeness (QED) is 0.333. The van der Waals surface area contributed by atoms with Gasteiger partial charge in [-0.2, -0.15) is 0 Å². The highest BCUT2D eigenvalue weighted by molar-refractivity contribution is 7.99. The first kappa shape index (κ1) is 22.8. The van der Waals surface area contributed by atoms with Crippen LogP contribution in [0.25, 0.3) is 22.3 Å². The van der Waals surface area contributed by atoms with E-state index in [1.165, 1.54) is 11.8 Å². The van der Waals surface area contributed by atoms with Crippen molar-refractivity contribution in [1.29, 1.82) is 0 Å². The largest absolute Gasteiger partial charge is 0.495 e. The van der Waals surface area contributed by atoms with Crippen LogP contribution in [0.4, 0.5) is 5.69 Å². The molecule has 3 heterocycles. The molecule has 0 radical (unpaired) electrons. The zero-order valence-electron chi connectivity index (χ0n) is 18.6. The molecule has 1 aliphatic rings. The van der Waals surface area contributed by atoms with Crippen molar-refractivity contribution >= 4 is 45.9 Å². The maximum Gasteiger partial charge on any atom is 0.234 e. The first-order valence-electron chi connectivity index (χ1n) is 11.0. The summed E-state index contributed by atoms with van der Waals surface area (Å²) in [7, 11) is 1.55. The number of aromatic nitrogens is 4. The van der Waals surface area contributed by atoms with E-state index in [1.807, 2.05) is 24.4 Å². The van der Waals surface area contributed by atoms with Crippen LogP contribution in [-0.4, -0.2) is 51.2 Å². The maximum absolute atomic E-state index is 12.7. The molecule has 1 fully saturated rings. The van der Waals surface area contributed by atoms with E-state index in [0.29, 0.717) is 28.2 Å². The smallest absolute Gasteiger partial charge is 0.234 e. The summed E-state index contributed by atoms with van der Waals surface area (Å²) < 4.78 is 13.3. The van der Waals surface area contributed by atoms with Gasteiger partial charge < -0.3 is 19.8 Å². The van der Waals surface area contributed by atoms with Gasteiger partial charge in [-0.25, -0.2) is 0 Å². The number of methoxy groups -OCH3 is 1. The third kappa shape index (κ3) is 4.77. The van der Waals surface area contributed by atoms with Crippen LogP contribution in [0.3, 0.4) is 0 Å². The summed E-state index contributed by atoms with van der Waals surface area (Å²) in [5, 5.41) is 14.1. The molecule has 1 unspecified atom stereocenters. The molecule has 4 aromatic rings. The van der Waals surface area contributed by atoms with Crippen LogP contribution in [0, 0.1) is 0 Å². The van der Waals surface area contributed by atoms with Gasteiger partial charge in [-0.3, -0.25) is 9.36 Å². The number of fused-ring (bicyclic) bond motifs is 1. The predicted octanol–water partition coefficient (Wildman–Crippen LogP) is 5.00. The second-order valence-electron chi connectivity index (χ2n) is 7.98. The minimum Gasteiger partial charge on any atom is -0.495 e. The van der Waals surface area contributed by atoms with E-state index in [9.17, 15) is 4.79 Å². The average Bonchev–Trinajstić information content (AvgIpc) is 3.58. The summed E-state index contributed by atoms with van der Waals surface area (Å²) in [5.74, 6) is 1.27.